The van der Waals surface area contributed by atoms with Crippen LogP contribution in [0.15, 0.2) is 12.2 Å². The highest BCUT2D eigenvalue weighted by Gasteiger charge is 2.24. The summed E-state index contributed by atoms with van der Waals surface area (Å²) in [5, 5.41) is 2.47. The van der Waals surface area contributed by atoms with E-state index in [0.29, 0.717) is 6.08 Å². The minimum absolute atomic E-state index is 0.0717. The highest BCUT2D eigenvalue weighted by atomic mass is 19.4. The van der Waals surface area contributed by atoms with Gasteiger partial charge in [-0.2, -0.15) is 13.2 Å². The summed E-state index contributed by atoms with van der Waals surface area (Å²) in [6.45, 7) is 7.43. The highest BCUT2D eigenvalue weighted by molar-refractivity contribution is 5.87. The van der Waals surface area contributed by atoms with Crippen molar-refractivity contribution in [3.8, 4) is 0 Å². The smallest absolute Gasteiger partial charge is 0.350 e. The third-order valence-electron chi connectivity index (χ3n) is 2.08. The largest absolute Gasteiger partial charge is 0.409 e. The van der Waals surface area contributed by atoms with Crippen LogP contribution >= 0.6 is 0 Å². The predicted octanol–water partition coefficient (Wildman–Crippen LogP) is 2.66. The lowest BCUT2D eigenvalue weighted by Crippen LogP contribution is -2.40. The molecule has 0 aliphatic carbocycles. The van der Waals surface area contributed by atoms with E-state index in [1.165, 1.54) is 0 Å². The van der Waals surface area contributed by atoms with E-state index in [1.807, 2.05) is 20.8 Å². The third kappa shape index (κ3) is 6.99. The monoisotopic (exact) mass is 223 g/mol. The molecule has 0 spiro atoms. The fourth-order valence-electron chi connectivity index (χ4n) is 0.648. The summed E-state index contributed by atoms with van der Waals surface area (Å²) < 4.78 is 35.2. The van der Waals surface area contributed by atoms with Crippen LogP contribution in [-0.2, 0) is 4.79 Å². The Balaban J connectivity index is 4.23. The first-order valence-corrected chi connectivity index (χ1v) is 4.59. The molecule has 0 aromatic rings. The minimum atomic E-state index is -4.44. The topological polar surface area (TPSA) is 29.1 Å². The van der Waals surface area contributed by atoms with E-state index < -0.39 is 12.1 Å². The Morgan fingerprint density at radius 3 is 2.07 bits per heavy atom. The van der Waals surface area contributed by atoms with Gasteiger partial charge in [0.05, 0.1) is 0 Å². The van der Waals surface area contributed by atoms with Gasteiger partial charge in [0.2, 0.25) is 5.91 Å². The number of rotatable bonds is 2. The van der Waals surface area contributed by atoms with E-state index in [0.717, 1.165) is 0 Å². The van der Waals surface area contributed by atoms with Gasteiger partial charge < -0.3 is 5.32 Å². The Labute approximate surface area is 87.5 Å². The summed E-state index contributed by atoms with van der Waals surface area (Å²) in [7, 11) is 0. The van der Waals surface area contributed by atoms with Crippen LogP contribution in [0.3, 0.4) is 0 Å². The van der Waals surface area contributed by atoms with Crippen molar-refractivity contribution in [3.05, 3.63) is 12.2 Å². The second-order valence-corrected chi connectivity index (χ2v) is 4.47. The van der Waals surface area contributed by atoms with E-state index in [4.69, 9.17) is 0 Å². The summed E-state index contributed by atoms with van der Waals surface area (Å²) in [6, 6.07) is -0.192. The van der Waals surface area contributed by atoms with Crippen molar-refractivity contribution in [3.63, 3.8) is 0 Å². The fraction of sp³-hybridized carbons (Fsp3) is 0.700. The van der Waals surface area contributed by atoms with Crippen molar-refractivity contribution in [2.24, 2.45) is 5.41 Å². The summed E-state index contributed by atoms with van der Waals surface area (Å²) in [6.07, 6.45) is -4.01. The van der Waals surface area contributed by atoms with Crippen LogP contribution in [0.4, 0.5) is 13.2 Å². The molecule has 0 bridgehead atoms. The van der Waals surface area contributed by atoms with Gasteiger partial charge in [-0.15, -0.1) is 0 Å². The fourth-order valence-corrected chi connectivity index (χ4v) is 0.648. The molecule has 0 saturated carbocycles. The number of nitrogens with one attached hydrogen (secondary N) is 1. The van der Waals surface area contributed by atoms with Crippen LogP contribution in [0.1, 0.15) is 27.7 Å². The molecule has 1 unspecified atom stereocenters. The molecular formula is C10H16F3NO. The van der Waals surface area contributed by atoms with E-state index in [9.17, 15) is 18.0 Å². The molecule has 0 heterocycles. The number of carbonyl (C=O) groups is 1. The van der Waals surface area contributed by atoms with Crippen LogP contribution in [-0.4, -0.2) is 18.1 Å². The summed E-state index contributed by atoms with van der Waals surface area (Å²) in [5.74, 6) is -0.727. The van der Waals surface area contributed by atoms with E-state index >= 15 is 0 Å². The summed E-state index contributed by atoms with van der Waals surface area (Å²) in [5.41, 5.74) is -0.179. The number of allylic oxidation sites excluding steroid dienone is 1. The van der Waals surface area contributed by atoms with Crippen molar-refractivity contribution in [1.82, 2.24) is 5.32 Å². The van der Waals surface area contributed by atoms with Gasteiger partial charge in [0.15, 0.2) is 0 Å². The van der Waals surface area contributed by atoms with Gasteiger partial charge in [-0.3, -0.25) is 4.79 Å². The first-order valence-electron chi connectivity index (χ1n) is 4.59. The number of amides is 1. The Morgan fingerprint density at radius 1 is 1.27 bits per heavy atom. The molecule has 0 aromatic carbocycles. The third-order valence-corrected chi connectivity index (χ3v) is 2.08. The molecule has 88 valence electrons. The molecule has 0 rings (SSSR count). The Kier molecular flexibility index (Phi) is 4.37. The highest BCUT2D eigenvalue weighted by Crippen LogP contribution is 2.19. The maximum atomic E-state index is 11.7. The first-order chi connectivity index (χ1) is 6.52. The van der Waals surface area contributed by atoms with Crippen molar-refractivity contribution >= 4 is 5.91 Å². The van der Waals surface area contributed by atoms with Crippen molar-refractivity contribution in [1.29, 1.82) is 0 Å². The molecule has 0 aromatic heterocycles. The van der Waals surface area contributed by atoms with Gasteiger partial charge in [-0.25, -0.2) is 0 Å². The lowest BCUT2D eigenvalue weighted by molar-refractivity contribution is -0.118. The van der Waals surface area contributed by atoms with Crippen molar-refractivity contribution in [2.45, 2.75) is 39.9 Å². The Hall–Kier alpha value is -1.00. The van der Waals surface area contributed by atoms with Crippen LogP contribution in [0, 0.1) is 5.41 Å². The van der Waals surface area contributed by atoms with E-state index in [-0.39, 0.29) is 17.5 Å². The maximum Gasteiger partial charge on any atom is 0.409 e. The number of hydrogen-bond acceptors (Lipinski definition) is 1. The number of halogens is 3. The van der Waals surface area contributed by atoms with Crippen LogP contribution < -0.4 is 5.32 Å². The average Bonchev–Trinajstić information content (AvgIpc) is 1.97. The van der Waals surface area contributed by atoms with E-state index in [2.05, 4.69) is 5.32 Å². The minimum Gasteiger partial charge on any atom is -0.350 e. The molecule has 1 amide bonds. The molecule has 0 fully saturated rings. The second-order valence-electron chi connectivity index (χ2n) is 4.47. The zero-order valence-electron chi connectivity index (χ0n) is 9.27. The molecule has 0 saturated heterocycles. The zero-order valence-corrected chi connectivity index (χ0v) is 9.27. The Morgan fingerprint density at radius 2 is 1.73 bits per heavy atom. The molecule has 1 atom stereocenters. The van der Waals surface area contributed by atoms with Crippen molar-refractivity contribution < 1.29 is 18.0 Å². The lowest BCUT2D eigenvalue weighted by atomic mass is 9.88. The molecule has 0 aliphatic rings. The molecule has 2 nitrogen and oxygen atoms in total. The molecular weight excluding hydrogens is 207 g/mol. The van der Waals surface area contributed by atoms with Crippen LogP contribution in [0.25, 0.3) is 0 Å². The molecule has 15 heavy (non-hydrogen) atoms. The summed E-state index contributed by atoms with van der Waals surface area (Å²) in [4.78, 5) is 11.0. The van der Waals surface area contributed by atoms with Gasteiger partial charge in [0, 0.05) is 18.2 Å². The summed E-state index contributed by atoms with van der Waals surface area (Å²) >= 11 is 0. The van der Waals surface area contributed by atoms with Crippen LogP contribution in [0.5, 0.6) is 0 Å². The molecule has 0 aliphatic heterocycles. The lowest BCUT2D eigenvalue weighted by Gasteiger charge is -2.27. The van der Waals surface area contributed by atoms with Gasteiger partial charge >= 0.3 is 6.18 Å². The van der Waals surface area contributed by atoms with Gasteiger partial charge in [-0.1, -0.05) is 20.8 Å². The maximum absolute atomic E-state index is 11.7. The number of carbonyl (C=O) groups excluding carboxylic acids is 1. The molecule has 5 heteroatoms. The van der Waals surface area contributed by atoms with Crippen molar-refractivity contribution in [2.75, 3.05) is 0 Å². The average molecular weight is 223 g/mol. The quantitative estimate of drug-likeness (QED) is 0.716. The zero-order chi connectivity index (χ0) is 12.3. The first kappa shape index (κ1) is 14.0. The standard InChI is InChI=1S/C10H16F3NO/c1-7(9(2,3)4)14-8(15)5-6-10(11,12)13/h5-7H,1-4H3,(H,14,15)/b6-5+. The van der Waals surface area contributed by atoms with Gasteiger partial charge in [0.25, 0.3) is 0 Å². The normalized spacial score (nSPS) is 15.4. The molecule has 1 N–H and O–H groups in total. The second kappa shape index (κ2) is 4.68. The number of alkyl halides is 3. The van der Waals surface area contributed by atoms with Gasteiger partial charge in [0.1, 0.15) is 0 Å². The number of hydrogen-bond donors (Lipinski definition) is 1. The SMILES string of the molecule is CC(NC(=O)/C=C/C(F)(F)F)C(C)(C)C. The predicted molar refractivity (Wildman–Crippen MR) is 52.3 cm³/mol. The van der Waals surface area contributed by atoms with E-state index in [1.54, 1.807) is 6.92 Å². The van der Waals surface area contributed by atoms with Gasteiger partial charge in [-0.05, 0) is 12.3 Å². The Bertz CT molecular complexity index is 250. The van der Waals surface area contributed by atoms with Crippen LogP contribution in [0.2, 0.25) is 0 Å². The molecule has 0 radical (unpaired) electrons.